The lowest BCUT2D eigenvalue weighted by atomic mass is 9.98. The van der Waals surface area contributed by atoms with E-state index >= 15 is 0 Å². The zero-order chi connectivity index (χ0) is 15.9. The van der Waals surface area contributed by atoms with E-state index in [0.717, 1.165) is 15.4 Å². The number of benzene rings is 1. The molecular weight excluding hydrogens is 350 g/mol. The SMILES string of the molecule is Cc1cc(Br)c2oc(C(=O)N3CCCC(C(=O)O)C3)cc2c1. The average Bonchev–Trinajstić information content (AvgIpc) is 2.90. The lowest BCUT2D eigenvalue weighted by Gasteiger charge is -2.29. The second-order valence-corrected chi connectivity index (χ2v) is 6.56. The van der Waals surface area contributed by atoms with Gasteiger partial charge in [0.2, 0.25) is 0 Å². The van der Waals surface area contributed by atoms with Crippen molar-refractivity contribution in [1.82, 2.24) is 4.90 Å². The fourth-order valence-corrected chi connectivity index (χ4v) is 3.55. The van der Waals surface area contributed by atoms with Crippen LogP contribution >= 0.6 is 15.9 Å². The molecule has 6 heteroatoms. The van der Waals surface area contributed by atoms with Crippen molar-refractivity contribution in [3.05, 3.63) is 34.0 Å². The van der Waals surface area contributed by atoms with E-state index in [2.05, 4.69) is 15.9 Å². The van der Waals surface area contributed by atoms with Crippen LogP contribution in [0.2, 0.25) is 0 Å². The van der Waals surface area contributed by atoms with Crippen LogP contribution in [0.1, 0.15) is 29.0 Å². The van der Waals surface area contributed by atoms with Gasteiger partial charge in [-0.1, -0.05) is 0 Å². The van der Waals surface area contributed by atoms with Gasteiger partial charge in [0.05, 0.1) is 10.4 Å². The molecule has 5 nitrogen and oxygen atoms in total. The lowest BCUT2D eigenvalue weighted by Crippen LogP contribution is -2.42. The molecule has 1 aromatic carbocycles. The topological polar surface area (TPSA) is 70.8 Å². The van der Waals surface area contributed by atoms with E-state index in [4.69, 9.17) is 9.52 Å². The summed E-state index contributed by atoms with van der Waals surface area (Å²) in [7, 11) is 0. The van der Waals surface area contributed by atoms with Gasteiger partial charge in [0.15, 0.2) is 5.76 Å². The average molecular weight is 366 g/mol. The number of furan rings is 1. The summed E-state index contributed by atoms with van der Waals surface area (Å²) >= 11 is 3.44. The molecule has 22 heavy (non-hydrogen) atoms. The van der Waals surface area contributed by atoms with Crippen LogP contribution in [0.5, 0.6) is 0 Å². The summed E-state index contributed by atoms with van der Waals surface area (Å²) in [5, 5.41) is 9.99. The van der Waals surface area contributed by atoms with Crippen molar-refractivity contribution in [3.63, 3.8) is 0 Å². The summed E-state index contributed by atoms with van der Waals surface area (Å²) in [6.07, 6.45) is 1.32. The van der Waals surface area contributed by atoms with Crippen molar-refractivity contribution in [2.24, 2.45) is 5.92 Å². The molecule has 2 aromatic rings. The van der Waals surface area contributed by atoms with Crippen molar-refractivity contribution in [2.75, 3.05) is 13.1 Å². The number of aryl methyl sites for hydroxylation is 1. The molecule has 0 radical (unpaired) electrons. The normalized spacial score (nSPS) is 18.6. The number of nitrogens with zero attached hydrogens (tertiary/aromatic N) is 1. The summed E-state index contributed by atoms with van der Waals surface area (Å²) in [5.74, 6) is -1.32. The predicted octanol–water partition coefficient (Wildman–Crippen LogP) is 3.44. The molecule has 1 aliphatic heterocycles. The van der Waals surface area contributed by atoms with Crippen molar-refractivity contribution in [3.8, 4) is 0 Å². The van der Waals surface area contributed by atoms with Gasteiger partial charge in [-0.2, -0.15) is 0 Å². The van der Waals surface area contributed by atoms with Gasteiger partial charge in [-0.25, -0.2) is 0 Å². The van der Waals surface area contributed by atoms with Gasteiger partial charge < -0.3 is 14.4 Å². The van der Waals surface area contributed by atoms with E-state index in [0.29, 0.717) is 25.0 Å². The number of hydrogen-bond donors (Lipinski definition) is 1. The number of carbonyl (C=O) groups excluding carboxylic acids is 1. The third-order valence-corrected chi connectivity index (χ3v) is 4.57. The molecule has 1 unspecified atom stereocenters. The second kappa shape index (κ2) is 5.76. The van der Waals surface area contributed by atoms with Crippen molar-refractivity contribution < 1.29 is 19.1 Å². The number of likely N-dealkylation sites (tertiary alicyclic amines) is 1. The number of carboxylic acid groups (broad SMARTS) is 1. The zero-order valence-corrected chi connectivity index (χ0v) is 13.7. The Balaban J connectivity index is 1.89. The van der Waals surface area contributed by atoms with Gasteiger partial charge in [0.25, 0.3) is 5.91 Å². The van der Waals surface area contributed by atoms with Gasteiger partial charge in [-0.3, -0.25) is 9.59 Å². The van der Waals surface area contributed by atoms with Crippen LogP contribution in [0.3, 0.4) is 0 Å². The minimum Gasteiger partial charge on any atom is -0.481 e. The van der Waals surface area contributed by atoms with E-state index in [1.807, 2.05) is 19.1 Å². The minimum absolute atomic E-state index is 0.241. The number of carbonyl (C=O) groups is 2. The molecule has 0 aliphatic carbocycles. The summed E-state index contributed by atoms with van der Waals surface area (Å²) in [4.78, 5) is 25.2. The largest absolute Gasteiger partial charge is 0.481 e. The van der Waals surface area contributed by atoms with Crippen LogP contribution in [0.25, 0.3) is 11.0 Å². The van der Waals surface area contributed by atoms with Crippen molar-refractivity contribution >= 4 is 38.8 Å². The van der Waals surface area contributed by atoms with Crippen LogP contribution in [0, 0.1) is 12.8 Å². The molecule has 116 valence electrons. The smallest absolute Gasteiger partial charge is 0.308 e. The van der Waals surface area contributed by atoms with Crippen LogP contribution in [-0.2, 0) is 4.79 Å². The maximum atomic E-state index is 12.6. The third kappa shape index (κ3) is 2.75. The van der Waals surface area contributed by atoms with Crippen LogP contribution < -0.4 is 0 Å². The molecule has 1 aliphatic rings. The molecular formula is C16H16BrNO4. The number of aliphatic carboxylic acids is 1. The first-order chi connectivity index (χ1) is 10.5. The monoisotopic (exact) mass is 365 g/mol. The number of hydrogen-bond acceptors (Lipinski definition) is 3. The third-order valence-electron chi connectivity index (χ3n) is 3.98. The minimum atomic E-state index is -0.847. The zero-order valence-electron chi connectivity index (χ0n) is 12.1. The number of rotatable bonds is 2. The first-order valence-corrected chi connectivity index (χ1v) is 7.97. The van der Waals surface area contributed by atoms with E-state index in [1.165, 1.54) is 0 Å². The fourth-order valence-electron chi connectivity index (χ4n) is 2.88. The second-order valence-electron chi connectivity index (χ2n) is 5.70. The van der Waals surface area contributed by atoms with Crippen molar-refractivity contribution in [2.45, 2.75) is 19.8 Å². The molecule has 2 heterocycles. The Morgan fingerprint density at radius 2 is 2.14 bits per heavy atom. The Morgan fingerprint density at radius 3 is 2.86 bits per heavy atom. The quantitative estimate of drug-likeness (QED) is 0.884. The number of carboxylic acids is 1. The highest BCUT2D eigenvalue weighted by molar-refractivity contribution is 9.10. The number of piperidine rings is 1. The summed E-state index contributed by atoms with van der Waals surface area (Å²) in [5.41, 5.74) is 1.71. The standard InChI is InChI=1S/C16H16BrNO4/c1-9-5-11-7-13(22-14(11)12(17)6-9)15(19)18-4-2-3-10(8-18)16(20)21/h5-7,10H,2-4,8H2,1H3,(H,20,21). The van der Waals surface area contributed by atoms with Gasteiger partial charge in [-0.05, 0) is 59.5 Å². The first kappa shape index (κ1) is 15.1. The molecule has 1 N–H and O–H groups in total. The Bertz CT molecular complexity index is 752. The first-order valence-electron chi connectivity index (χ1n) is 7.17. The van der Waals surface area contributed by atoms with E-state index in [1.54, 1.807) is 11.0 Å². The maximum Gasteiger partial charge on any atom is 0.308 e. The van der Waals surface area contributed by atoms with Gasteiger partial charge in [-0.15, -0.1) is 0 Å². The molecule has 3 rings (SSSR count). The van der Waals surface area contributed by atoms with Gasteiger partial charge in [0.1, 0.15) is 5.58 Å². The Labute approximate surface area is 136 Å². The highest BCUT2D eigenvalue weighted by Gasteiger charge is 2.30. The fraction of sp³-hybridized carbons (Fsp3) is 0.375. The molecule has 1 fully saturated rings. The molecule has 1 saturated heterocycles. The predicted molar refractivity (Wildman–Crippen MR) is 84.9 cm³/mol. The number of fused-ring (bicyclic) bond motifs is 1. The molecule has 0 spiro atoms. The Kier molecular flexibility index (Phi) is 3.95. The molecule has 0 bridgehead atoms. The molecule has 1 atom stereocenters. The highest BCUT2D eigenvalue weighted by atomic mass is 79.9. The van der Waals surface area contributed by atoms with Crippen LogP contribution in [0.4, 0.5) is 0 Å². The van der Waals surface area contributed by atoms with Crippen LogP contribution in [0.15, 0.2) is 27.1 Å². The number of halogens is 1. The van der Waals surface area contributed by atoms with Gasteiger partial charge in [0, 0.05) is 18.5 Å². The van der Waals surface area contributed by atoms with Crippen molar-refractivity contribution in [1.29, 1.82) is 0 Å². The molecule has 1 aromatic heterocycles. The van der Waals surface area contributed by atoms with E-state index < -0.39 is 11.9 Å². The maximum absolute atomic E-state index is 12.6. The van der Waals surface area contributed by atoms with E-state index in [9.17, 15) is 9.59 Å². The summed E-state index contributed by atoms with van der Waals surface area (Å²) in [6, 6.07) is 5.61. The van der Waals surface area contributed by atoms with Gasteiger partial charge >= 0.3 is 5.97 Å². The Hall–Kier alpha value is -1.82. The lowest BCUT2D eigenvalue weighted by molar-refractivity contribution is -0.143. The summed E-state index contributed by atoms with van der Waals surface area (Å²) < 4.78 is 6.49. The Morgan fingerprint density at radius 1 is 1.36 bits per heavy atom. The highest BCUT2D eigenvalue weighted by Crippen LogP contribution is 2.30. The number of amides is 1. The van der Waals surface area contributed by atoms with Crippen LogP contribution in [-0.4, -0.2) is 35.0 Å². The molecule has 0 saturated carbocycles. The van der Waals surface area contributed by atoms with E-state index in [-0.39, 0.29) is 18.2 Å². The molecule has 1 amide bonds. The summed E-state index contributed by atoms with van der Waals surface area (Å²) in [6.45, 7) is 2.78.